The van der Waals surface area contributed by atoms with Gasteiger partial charge in [-0.15, -0.1) is 0 Å². The van der Waals surface area contributed by atoms with Gasteiger partial charge in [-0.25, -0.2) is 14.8 Å². The molecule has 1 aromatic heterocycles. The Bertz CT molecular complexity index is 350. The van der Waals surface area contributed by atoms with Crippen molar-refractivity contribution in [1.82, 2.24) is 9.97 Å². The van der Waals surface area contributed by atoms with E-state index in [0.717, 1.165) is 0 Å². The van der Waals surface area contributed by atoms with Crippen LogP contribution in [0, 0.1) is 0 Å². The summed E-state index contributed by atoms with van der Waals surface area (Å²) in [5, 5.41) is 8.80. The average molecular weight is 195 g/mol. The summed E-state index contributed by atoms with van der Waals surface area (Å²) in [6.45, 7) is 1.89. The Morgan fingerprint density at radius 2 is 2.14 bits per heavy atom. The quantitative estimate of drug-likeness (QED) is 0.772. The van der Waals surface area contributed by atoms with Gasteiger partial charge in [-0.1, -0.05) is 6.92 Å². The Balaban J connectivity index is 3.20. The van der Waals surface area contributed by atoms with Crippen molar-refractivity contribution in [3.8, 4) is 0 Å². The molecule has 0 saturated carbocycles. The second kappa shape index (κ2) is 4.04. The van der Waals surface area contributed by atoms with Gasteiger partial charge in [0.1, 0.15) is 11.6 Å². The number of nitrogens with zero attached hydrogens (tertiary/aromatic N) is 3. The van der Waals surface area contributed by atoms with Crippen molar-refractivity contribution in [3.05, 3.63) is 17.6 Å². The summed E-state index contributed by atoms with van der Waals surface area (Å²) >= 11 is 0. The molecule has 0 spiro atoms. The highest BCUT2D eigenvalue weighted by molar-refractivity contribution is 5.86. The van der Waals surface area contributed by atoms with Crippen molar-refractivity contribution in [2.75, 3.05) is 19.0 Å². The van der Waals surface area contributed by atoms with E-state index in [2.05, 4.69) is 9.97 Å². The zero-order valence-electron chi connectivity index (χ0n) is 8.48. The molecule has 0 saturated heterocycles. The lowest BCUT2D eigenvalue weighted by atomic mass is 10.3. The summed E-state index contributed by atoms with van der Waals surface area (Å²) < 4.78 is 0. The molecule has 1 heterocycles. The fourth-order valence-corrected chi connectivity index (χ4v) is 0.980. The van der Waals surface area contributed by atoms with Crippen LogP contribution in [-0.4, -0.2) is 35.1 Å². The highest BCUT2D eigenvalue weighted by Gasteiger charge is 2.10. The largest absolute Gasteiger partial charge is 0.477 e. The standard InChI is InChI=1S/C9H13N3O2/c1-4-7-10-6(9(13)14)5-8(11-7)12(2)3/h5H,4H2,1-3H3,(H,13,14). The lowest BCUT2D eigenvalue weighted by Gasteiger charge is -2.12. The maximum Gasteiger partial charge on any atom is 0.354 e. The molecule has 5 nitrogen and oxygen atoms in total. The molecule has 14 heavy (non-hydrogen) atoms. The molecule has 1 aromatic rings. The molecule has 0 unspecified atom stereocenters. The van der Waals surface area contributed by atoms with Gasteiger partial charge in [0.2, 0.25) is 0 Å². The van der Waals surface area contributed by atoms with Crippen LogP contribution in [0.15, 0.2) is 6.07 Å². The predicted molar refractivity (Wildman–Crippen MR) is 52.7 cm³/mol. The lowest BCUT2D eigenvalue weighted by molar-refractivity contribution is 0.0690. The number of rotatable bonds is 3. The first kappa shape index (κ1) is 10.4. The van der Waals surface area contributed by atoms with Crippen LogP contribution in [0.5, 0.6) is 0 Å². The van der Waals surface area contributed by atoms with Crippen molar-refractivity contribution >= 4 is 11.8 Å². The van der Waals surface area contributed by atoms with Crippen LogP contribution in [-0.2, 0) is 6.42 Å². The summed E-state index contributed by atoms with van der Waals surface area (Å²) in [6.07, 6.45) is 0.627. The van der Waals surface area contributed by atoms with Gasteiger partial charge in [0, 0.05) is 26.6 Å². The molecule has 0 bridgehead atoms. The van der Waals surface area contributed by atoms with E-state index in [0.29, 0.717) is 18.1 Å². The van der Waals surface area contributed by atoms with E-state index in [1.165, 1.54) is 6.07 Å². The summed E-state index contributed by atoms with van der Waals surface area (Å²) in [6, 6.07) is 1.46. The van der Waals surface area contributed by atoms with Crippen LogP contribution in [0.25, 0.3) is 0 Å². The van der Waals surface area contributed by atoms with Gasteiger partial charge in [-0.3, -0.25) is 0 Å². The molecule has 0 atom stereocenters. The second-order valence-corrected chi connectivity index (χ2v) is 3.08. The number of aromatic carboxylic acids is 1. The molecule has 0 amide bonds. The zero-order chi connectivity index (χ0) is 10.7. The zero-order valence-corrected chi connectivity index (χ0v) is 8.48. The van der Waals surface area contributed by atoms with Gasteiger partial charge in [0.15, 0.2) is 5.69 Å². The minimum Gasteiger partial charge on any atom is -0.477 e. The smallest absolute Gasteiger partial charge is 0.354 e. The van der Waals surface area contributed by atoms with Gasteiger partial charge >= 0.3 is 5.97 Å². The molecule has 0 fully saturated rings. The van der Waals surface area contributed by atoms with E-state index < -0.39 is 5.97 Å². The molecule has 0 aromatic carbocycles. The SMILES string of the molecule is CCc1nc(C(=O)O)cc(N(C)C)n1. The second-order valence-electron chi connectivity index (χ2n) is 3.08. The fourth-order valence-electron chi connectivity index (χ4n) is 0.980. The first-order valence-corrected chi connectivity index (χ1v) is 4.33. The Labute approximate surface area is 82.4 Å². The average Bonchev–Trinajstić information content (AvgIpc) is 2.16. The van der Waals surface area contributed by atoms with Gasteiger partial charge in [-0.2, -0.15) is 0 Å². The summed E-state index contributed by atoms with van der Waals surface area (Å²) in [4.78, 5) is 20.6. The number of aromatic nitrogens is 2. The number of hydrogen-bond donors (Lipinski definition) is 1. The lowest BCUT2D eigenvalue weighted by Crippen LogP contribution is -2.14. The van der Waals surface area contributed by atoms with E-state index in [1.54, 1.807) is 4.90 Å². The molecular formula is C9H13N3O2. The Hall–Kier alpha value is -1.65. The molecule has 0 aliphatic carbocycles. The summed E-state index contributed by atoms with van der Waals surface area (Å²) in [7, 11) is 3.63. The van der Waals surface area contributed by atoms with Gasteiger partial charge in [-0.05, 0) is 0 Å². The number of carbonyl (C=O) groups is 1. The van der Waals surface area contributed by atoms with Crippen LogP contribution < -0.4 is 4.90 Å². The molecular weight excluding hydrogens is 182 g/mol. The molecule has 0 aliphatic rings. The summed E-state index contributed by atoms with van der Waals surface area (Å²) in [5.41, 5.74) is 0.0422. The molecule has 0 radical (unpaired) electrons. The topological polar surface area (TPSA) is 66.3 Å². The van der Waals surface area contributed by atoms with E-state index in [4.69, 9.17) is 5.11 Å². The molecule has 76 valence electrons. The number of hydrogen-bond acceptors (Lipinski definition) is 4. The highest BCUT2D eigenvalue weighted by atomic mass is 16.4. The predicted octanol–water partition coefficient (Wildman–Crippen LogP) is 0.803. The third-order valence-corrected chi connectivity index (χ3v) is 1.75. The highest BCUT2D eigenvalue weighted by Crippen LogP contribution is 2.10. The van der Waals surface area contributed by atoms with Crippen LogP contribution in [0.2, 0.25) is 0 Å². The van der Waals surface area contributed by atoms with Gasteiger partial charge in [0.25, 0.3) is 0 Å². The molecule has 1 rings (SSSR count). The van der Waals surface area contributed by atoms with Crippen molar-refractivity contribution < 1.29 is 9.90 Å². The number of anilines is 1. The van der Waals surface area contributed by atoms with Gasteiger partial charge < -0.3 is 10.0 Å². The van der Waals surface area contributed by atoms with E-state index in [9.17, 15) is 4.79 Å². The van der Waals surface area contributed by atoms with Crippen LogP contribution >= 0.6 is 0 Å². The molecule has 5 heteroatoms. The van der Waals surface area contributed by atoms with E-state index in [1.807, 2.05) is 21.0 Å². The molecule has 0 aliphatic heterocycles. The third-order valence-electron chi connectivity index (χ3n) is 1.75. The Morgan fingerprint density at radius 1 is 1.50 bits per heavy atom. The first-order valence-electron chi connectivity index (χ1n) is 4.33. The van der Waals surface area contributed by atoms with E-state index >= 15 is 0 Å². The normalized spacial score (nSPS) is 9.93. The number of carboxylic acid groups (broad SMARTS) is 1. The van der Waals surface area contributed by atoms with Crippen LogP contribution in [0.3, 0.4) is 0 Å². The number of aryl methyl sites for hydroxylation is 1. The van der Waals surface area contributed by atoms with Crippen molar-refractivity contribution in [1.29, 1.82) is 0 Å². The fraction of sp³-hybridized carbons (Fsp3) is 0.444. The number of carboxylic acids is 1. The minimum absolute atomic E-state index is 0.0422. The van der Waals surface area contributed by atoms with E-state index in [-0.39, 0.29) is 5.69 Å². The molecule has 1 N–H and O–H groups in total. The first-order chi connectivity index (χ1) is 6.54. The monoisotopic (exact) mass is 195 g/mol. The third kappa shape index (κ3) is 2.18. The Kier molecular flexibility index (Phi) is 3.01. The Morgan fingerprint density at radius 3 is 2.57 bits per heavy atom. The minimum atomic E-state index is -1.02. The van der Waals surface area contributed by atoms with Crippen LogP contribution in [0.4, 0.5) is 5.82 Å². The van der Waals surface area contributed by atoms with Crippen molar-refractivity contribution in [3.63, 3.8) is 0 Å². The van der Waals surface area contributed by atoms with Crippen molar-refractivity contribution in [2.24, 2.45) is 0 Å². The maximum absolute atomic E-state index is 10.7. The summed E-state index contributed by atoms with van der Waals surface area (Å²) in [5.74, 6) is 0.146. The van der Waals surface area contributed by atoms with Gasteiger partial charge in [0.05, 0.1) is 0 Å². The maximum atomic E-state index is 10.7. The van der Waals surface area contributed by atoms with Crippen molar-refractivity contribution in [2.45, 2.75) is 13.3 Å². The van der Waals surface area contributed by atoms with Crippen LogP contribution in [0.1, 0.15) is 23.2 Å².